The van der Waals surface area contributed by atoms with Crippen molar-refractivity contribution in [2.45, 2.75) is 12.8 Å². The zero-order valence-corrected chi connectivity index (χ0v) is 13.7. The Morgan fingerprint density at radius 2 is 1.68 bits per heavy atom. The largest absolute Gasteiger partial charge is 0.352 e. The number of rotatable bonds is 6. The molecule has 0 unspecified atom stereocenters. The number of halogens is 4. The Morgan fingerprint density at radius 1 is 1.00 bits per heavy atom. The molecule has 0 spiro atoms. The summed E-state index contributed by atoms with van der Waals surface area (Å²) in [5.74, 6) is -3.31. The molecular formula is C17H14ClF3N2O2. The molecule has 0 heterocycles. The molecule has 0 aliphatic heterocycles. The lowest BCUT2D eigenvalue weighted by Crippen LogP contribution is -2.26. The fraction of sp³-hybridized carbons (Fsp3) is 0.176. The van der Waals surface area contributed by atoms with Crippen LogP contribution in [-0.2, 0) is 4.79 Å². The van der Waals surface area contributed by atoms with Crippen molar-refractivity contribution >= 4 is 29.1 Å². The van der Waals surface area contributed by atoms with Crippen LogP contribution in [0.15, 0.2) is 36.4 Å². The molecule has 25 heavy (non-hydrogen) atoms. The molecule has 4 nitrogen and oxygen atoms in total. The summed E-state index contributed by atoms with van der Waals surface area (Å²) >= 11 is 5.80. The molecule has 2 aromatic carbocycles. The second-order valence-electron chi connectivity index (χ2n) is 5.16. The van der Waals surface area contributed by atoms with Gasteiger partial charge in [-0.3, -0.25) is 9.59 Å². The Morgan fingerprint density at radius 3 is 2.36 bits per heavy atom. The first-order valence-electron chi connectivity index (χ1n) is 7.35. The molecule has 0 bridgehead atoms. The molecule has 2 aromatic rings. The third-order valence-electron chi connectivity index (χ3n) is 3.25. The summed E-state index contributed by atoms with van der Waals surface area (Å²) < 4.78 is 39.1. The molecule has 0 atom stereocenters. The summed E-state index contributed by atoms with van der Waals surface area (Å²) in [7, 11) is 0. The Bertz CT molecular complexity index is 799. The van der Waals surface area contributed by atoms with Crippen molar-refractivity contribution in [2.24, 2.45) is 0 Å². The number of nitrogens with one attached hydrogen (secondary N) is 2. The van der Waals surface area contributed by atoms with Crippen molar-refractivity contribution in [2.75, 3.05) is 11.9 Å². The molecular weight excluding hydrogens is 357 g/mol. The Labute approximate surface area is 147 Å². The van der Waals surface area contributed by atoms with Gasteiger partial charge >= 0.3 is 0 Å². The van der Waals surface area contributed by atoms with Crippen LogP contribution in [0.25, 0.3) is 0 Å². The second-order valence-corrected chi connectivity index (χ2v) is 5.56. The van der Waals surface area contributed by atoms with Gasteiger partial charge in [0.05, 0.1) is 16.3 Å². The fourth-order valence-electron chi connectivity index (χ4n) is 2.02. The molecule has 0 fully saturated rings. The van der Waals surface area contributed by atoms with E-state index in [1.165, 1.54) is 12.1 Å². The first-order chi connectivity index (χ1) is 11.9. The molecule has 2 N–H and O–H groups in total. The van der Waals surface area contributed by atoms with E-state index in [4.69, 9.17) is 11.6 Å². The maximum absolute atomic E-state index is 13.4. The second kappa shape index (κ2) is 8.53. The molecule has 2 amide bonds. The topological polar surface area (TPSA) is 58.2 Å². The van der Waals surface area contributed by atoms with E-state index < -0.39 is 23.4 Å². The summed E-state index contributed by atoms with van der Waals surface area (Å²) in [5.41, 5.74) is 0.00873. The van der Waals surface area contributed by atoms with Gasteiger partial charge in [0.25, 0.3) is 5.91 Å². The molecule has 8 heteroatoms. The molecule has 0 aromatic heterocycles. The Balaban J connectivity index is 1.76. The molecule has 2 rings (SSSR count). The van der Waals surface area contributed by atoms with Crippen molar-refractivity contribution in [3.05, 3.63) is 64.4 Å². The number of amides is 2. The minimum Gasteiger partial charge on any atom is -0.352 e. The van der Waals surface area contributed by atoms with Gasteiger partial charge in [0, 0.05) is 19.0 Å². The molecule has 0 saturated heterocycles. The van der Waals surface area contributed by atoms with Crippen LogP contribution in [0.5, 0.6) is 0 Å². The van der Waals surface area contributed by atoms with Gasteiger partial charge in [0.15, 0.2) is 0 Å². The van der Waals surface area contributed by atoms with Crippen LogP contribution in [0.4, 0.5) is 18.9 Å². The van der Waals surface area contributed by atoms with Crippen LogP contribution in [0.1, 0.15) is 23.2 Å². The Kier molecular flexibility index (Phi) is 6.41. The van der Waals surface area contributed by atoms with E-state index in [-0.39, 0.29) is 35.1 Å². The molecule has 132 valence electrons. The van der Waals surface area contributed by atoms with Crippen LogP contribution in [-0.4, -0.2) is 18.4 Å². The SMILES string of the molecule is O=C(CCCNC(=O)c1ccc(F)cc1F)Nc1ccc(F)cc1Cl. The lowest BCUT2D eigenvalue weighted by Gasteiger charge is -2.08. The van der Waals surface area contributed by atoms with Gasteiger partial charge in [-0.2, -0.15) is 0 Å². The summed E-state index contributed by atoms with van der Waals surface area (Å²) in [6.45, 7) is 0.125. The summed E-state index contributed by atoms with van der Waals surface area (Å²) in [6, 6.07) is 6.23. The minimum atomic E-state index is -0.957. The number of hydrogen-bond acceptors (Lipinski definition) is 2. The maximum Gasteiger partial charge on any atom is 0.254 e. The highest BCUT2D eigenvalue weighted by atomic mass is 35.5. The molecule has 0 radical (unpaired) electrons. The molecule has 0 aliphatic rings. The third-order valence-corrected chi connectivity index (χ3v) is 3.56. The predicted octanol–water partition coefficient (Wildman–Crippen LogP) is 3.91. The van der Waals surface area contributed by atoms with Crippen LogP contribution in [0, 0.1) is 17.5 Å². The lowest BCUT2D eigenvalue weighted by molar-refractivity contribution is -0.116. The summed E-state index contributed by atoms with van der Waals surface area (Å²) in [4.78, 5) is 23.5. The lowest BCUT2D eigenvalue weighted by atomic mass is 10.2. The fourth-order valence-corrected chi connectivity index (χ4v) is 2.24. The van der Waals surface area contributed by atoms with Crippen molar-refractivity contribution in [1.29, 1.82) is 0 Å². The Hall–Kier alpha value is -2.54. The van der Waals surface area contributed by atoms with Gasteiger partial charge in [-0.15, -0.1) is 0 Å². The highest BCUT2D eigenvalue weighted by molar-refractivity contribution is 6.33. The third kappa shape index (κ3) is 5.49. The first-order valence-corrected chi connectivity index (χ1v) is 7.73. The smallest absolute Gasteiger partial charge is 0.254 e. The van der Waals surface area contributed by atoms with Crippen molar-refractivity contribution in [3.8, 4) is 0 Å². The van der Waals surface area contributed by atoms with E-state index in [9.17, 15) is 22.8 Å². The highest BCUT2D eigenvalue weighted by Crippen LogP contribution is 2.22. The predicted molar refractivity (Wildman–Crippen MR) is 88.0 cm³/mol. The van der Waals surface area contributed by atoms with E-state index in [0.29, 0.717) is 12.5 Å². The number of benzene rings is 2. The van der Waals surface area contributed by atoms with Gasteiger partial charge in [0.2, 0.25) is 5.91 Å². The van der Waals surface area contributed by atoms with Crippen molar-refractivity contribution in [3.63, 3.8) is 0 Å². The number of carbonyl (C=O) groups excluding carboxylic acids is 2. The zero-order chi connectivity index (χ0) is 18.4. The van der Waals surface area contributed by atoms with Gasteiger partial charge < -0.3 is 10.6 Å². The summed E-state index contributed by atoms with van der Waals surface area (Å²) in [5, 5.41) is 5.04. The number of anilines is 1. The number of carbonyl (C=O) groups is 2. The molecule has 0 aliphatic carbocycles. The van der Waals surface area contributed by atoms with Gasteiger partial charge in [-0.25, -0.2) is 13.2 Å². The average Bonchev–Trinajstić information content (AvgIpc) is 2.54. The average molecular weight is 371 g/mol. The normalized spacial score (nSPS) is 10.4. The highest BCUT2D eigenvalue weighted by Gasteiger charge is 2.12. The van der Waals surface area contributed by atoms with Crippen molar-refractivity contribution < 1.29 is 22.8 Å². The van der Waals surface area contributed by atoms with Crippen LogP contribution >= 0.6 is 11.6 Å². The monoisotopic (exact) mass is 370 g/mol. The van der Waals surface area contributed by atoms with E-state index in [2.05, 4.69) is 10.6 Å². The van der Waals surface area contributed by atoms with Gasteiger partial charge in [0.1, 0.15) is 17.5 Å². The van der Waals surface area contributed by atoms with Crippen LogP contribution < -0.4 is 10.6 Å². The quantitative estimate of drug-likeness (QED) is 0.757. The van der Waals surface area contributed by atoms with Gasteiger partial charge in [-0.05, 0) is 36.8 Å². The number of hydrogen-bond donors (Lipinski definition) is 2. The first kappa shape index (κ1) is 18.8. The zero-order valence-electron chi connectivity index (χ0n) is 12.9. The summed E-state index contributed by atoms with van der Waals surface area (Å²) in [6.07, 6.45) is 0.360. The van der Waals surface area contributed by atoms with E-state index in [0.717, 1.165) is 18.2 Å². The van der Waals surface area contributed by atoms with Crippen molar-refractivity contribution in [1.82, 2.24) is 5.32 Å². The minimum absolute atomic E-state index is 0.0693. The van der Waals surface area contributed by atoms with Gasteiger partial charge in [-0.1, -0.05) is 11.6 Å². The van der Waals surface area contributed by atoms with E-state index in [1.54, 1.807) is 0 Å². The van der Waals surface area contributed by atoms with E-state index >= 15 is 0 Å². The van der Waals surface area contributed by atoms with Crippen LogP contribution in [0.2, 0.25) is 5.02 Å². The molecule has 0 saturated carbocycles. The standard InChI is InChI=1S/C17H14ClF3N2O2/c18-13-8-10(19)4-6-15(13)23-16(24)2-1-7-22-17(25)12-5-3-11(20)9-14(12)21/h3-6,8-9H,1-2,7H2,(H,22,25)(H,23,24). The maximum atomic E-state index is 13.4. The van der Waals surface area contributed by atoms with E-state index in [1.807, 2.05) is 0 Å². The van der Waals surface area contributed by atoms with Crippen LogP contribution in [0.3, 0.4) is 0 Å².